The molecule has 0 spiro atoms. The maximum atomic E-state index is 11.3. The third-order valence-electron chi connectivity index (χ3n) is 2.30. The van der Waals surface area contributed by atoms with Crippen LogP contribution in [-0.4, -0.2) is 27.4 Å². The monoisotopic (exact) mass is 352 g/mol. The molecule has 0 amide bonds. The first kappa shape index (κ1) is 21.5. The summed E-state index contributed by atoms with van der Waals surface area (Å²) in [7, 11) is -7.32. The van der Waals surface area contributed by atoms with Gasteiger partial charge in [0.25, 0.3) is 0 Å². The Morgan fingerprint density at radius 3 is 1.77 bits per heavy atom. The van der Waals surface area contributed by atoms with E-state index in [0.29, 0.717) is 12.5 Å². The molecule has 0 aromatic heterocycles. The molecular formula is C14H26O6P2. The van der Waals surface area contributed by atoms with E-state index in [4.69, 9.17) is 14.3 Å². The normalized spacial score (nSPS) is 14.4. The van der Waals surface area contributed by atoms with Gasteiger partial charge in [-0.1, -0.05) is 45.9 Å². The van der Waals surface area contributed by atoms with E-state index in [0.717, 1.165) is 0 Å². The fourth-order valence-corrected chi connectivity index (χ4v) is 3.52. The Bertz CT molecular complexity index is 509. The molecule has 1 rings (SSSR count). The molecule has 0 saturated heterocycles. The van der Waals surface area contributed by atoms with Crippen LogP contribution in [0.15, 0.2) is 30.3 Å². The second kappa shape index (κ2) is 9.61. The highest BCUT2D eigenvalue weighted by Gasteiger charge is 2.21. The summed E-state index contributed by atoms with van der Waals surface area (Å²) in [6, 6.07) is 7.70. The third kappa shape index (κ3) is 11.1. The van der Waals surface area contributed by atoms with Crippen molar-refractivity contribution in [3.8, 4) is 0 Å². The molecule has 0 aliphatic heterocycles. The highest BCUT2D eigenvalue weighted by molar-refractivity contribution is 7.60. The van der Waals surface area contributed by atoms with Crippen molar-refractivity contribution in [1.29, 1.82) is 0 Å². The van der Waals surface area contributed by atoms with Crippen LogP contribution in [0.3, 0.4) is 0 Å². The molecule has 22 heavy (non-hydrogen) atoms. The molecule has 0 bridgehead atoms. The Morgan fingerprint density at radius 1 is 0.955 bits per heavy atom. The van der Waals surface area contributed by atoms with Gasteiger partial charge in [-0.2, -0.15) is 0 Å². The smallest absolute Gasteiger partial charge is 0.324 e. The first-order valence-electron chi connectivity index (χ1n) is 7.01. The standard InChI is InChI=1S/C8H19O3P.C6H7O3P/c1-7(2)5-11-12(9,10)6-8(3)4;7-10(8,9)6-4-2-1-3-5-6/h7-8H,5-6H2,1-4H3,(H,9,10);1-5H,(H2,7,8,9). The summed E-state index contributed by atoms with van der Waals surface area (Å²) < 4.78 is 26.7. The van der Waals surface area contributed by atoms with Gasteiger partial charge in [0, 0.05) is 0 Å². The number of rotatable bonds is 6. The SMILES string of the molecule is CC(C)COP(=O)(O)CC(C)C.O=P(O)(O)c1ccccc1. The van der Waals surface area contributed by atoms with Crippen LogP contribution in [0.2, 0.25) is 0 Å². The van der Waals surface area contributed by atoms with Gasteiger partial charge >= 0.3 is 15.2 Å². The van der Waals surface area contributed by atoms with Crippen LogP contribution < -0.4 is 5.30 Å². The molecular weight excluding hydrogens is 326 g/mol. The summed E-state index contributed by atoms with van der Waals surface area (Å²) in [5.41, 5.74) is 0. The lowest BCUT2D eigenvalue weighted by molar-refractivity contribution is 0.227. The lowest BCUT2D eigenvalue weighted by Crippen LogP contribution is -2.05. The van der Waals surface area contributed by atoms with E-state index in [9.17, 15) is 14.0 Å². The molecule has 0 radical (unpaired) electrons. The minimum atomic E-state index is -4.02. The van der Waals surface area contributed by atoms with Gasteiger partial charge in [0.05, 0.1) is 18.1 Å². The van der Waals surface area contributed by atoms with Crippen LogP contribution in [0.5, 0.6) is 0 Å². The van der Waals surface area contributed by atoms with Crippen molar-refractivity contribution in [3.05, 3.63) is 30.3 Å². The number of hydrogen-bond donors (Lipinski definition) is 3. The largest absolute Gasteiger partial charge is 0.356 e. The Kier molecular flexibility index (Phi) is 9.40. The first-order chi connectivity index (χ1) is 9.94. The molecule has 0 aliphatic rings. The van der Waals surface area contributed by atoms with E-state index in [-0.39, 0.29) is 17.4 Å². The van der Waals surface area contributed by atoms with Gasteiger partial charge in [-0.15, -0.1) is 0 Å². The summed E-state index contributed by atoms with van der Waals surface area (Å²) in [5.74, 6) is 0.505. The van der Waals surface area contributed by atoms with Crippen LogP contribution in [-0.2, 0) is 13.7 Å². The van der Waals surface area contributed by atoms with E-state index in [1.165, 1.54) is 12.1 Å². The van der Waals surface area contributed by atoms with Gasteiger partial charge in [0.2, 0.25) is 0 Å². The zero-order valence-corrected chi connectivity index (χ0v) is 15.2. The molecule has 0 aliphatic carbocycles. The van der Waals surface area contributed by atoms with Crippen molar-refractivity contribution in [2.45, 2.75) is 27.7 Å². The molecule has 3 N–H and O–H groups in total. The second-order valence-corrected chi connectivity index (χ2v) is 9.29. The van der Waals surface area contributed by atoms with Crippen molar-refractivity contribution in [1.82, 2.24) is 0 Å². The second-order valence-electron chi connectivity index (χ2n) is 5.78. The molecule has 128 valence electrons. The highest BCUT2D eigenvalue weighted by Crippen LogP contribution is 2.43. The average molecular weight is 352 g/mol. The maximum absolute atomic E-state index is 11.3. The summed E-state index contributed by atoms with van der Waals surface area (Å²) in [4.78, 5) is 26.5. The molecule has 1 aromatic rings. The predicted molar refractivity (Wildman–Crippen MR) is 88.4 cm³/mol. The van der Waals surface area contributed by atoms with Gasteiger partial charge in [-0.05, 0) is 24.0 Å². The van der Waals surface area contributed by atoms with Gasteiger partial charge in [-0.25, -0.2) is 0 Å². The van der Waals surface area contributed by atoms with Gasteiger partial charge < -0.3 is 19.2 Å². The molecule has 8 heteroatoms. The average Bonchev–Trinajstić information content (AvgIpc) is 2.36. The van der Waals surface area contributed by atoms with E-state index in [2.05, 4.69) is 0 Å². The predicted octanol–water partition coefficient (Wildman–Crippen LogP) is 2.99. The number of hydrogen-bond acceptors (Lipinski definition) is 3. The lowest BCUT2D eigenvalue weighted by atomic mass is 10.2. The Labute approximate surface area is 132 Å². The van der Waals surface area contributed by atoms with Gasteiger partial charge in [-0.3, -0.25) is 9.13 Å². The zero-order valence-electron chi connectivity index (χ0n) is 13.4. The van der Waals surface area contributed by atoms with E-state index in [1.54, 1.807) is 18.2 Å². The molecule has 0 heterocycles. The third-order valence-corrected chi connectivity index (χ3v) is 5.01. The fourth-order valence-electron chi connectivity index (χ4n) is 1.40. The molecule has 0 saturated carbocycles. The molecule has 6 nitrogen and oxygen atoms in total. The first-order valence-corrected chi connectivity index (χ1v) is 10.4. The minimum Gasteiger partial charge on any atom is -0.324 e. The number of benzene rings is 1. The summed E-state index contributed by atoms with van der Waals surface area (Å²) in [6.07, 6.45) is 0.250. The summed E-state index contributed by atoms with van der Waals surface area (Å²) >= 11 is 0. The van der Waals surface area contributed by atoms with Crippen molar-refractivity contribution < 1.29 is 28.3 Å². The van der Waals surface area contributed by atoms with Crippen LogP contribution in [0.4, 0.5) is 0 Å². The van der Waals surface area contributed by atoms with E-state index >= 15 is 0 Å². The van der Waals surface area contributed by atoms with Crippen LogP contribution >= 0.6 is 15.2 Å². The minimum absolute atomic E-state index is 0.0648. The van der Waals surface area contributed by atoms with Crippen molar-refractivity contribution in [2.24, 2.45) is 11.8 Å². The Hall–Kier alpha value is -0.480. The van der Waals surface area contributed by atoms with Crippen LogP contribution in [0.1, 0.15) is 27.7 Å². The van der Waals surface area contributed by atoms with Crippen molar-refractivity contribution in [2.75, 3.05) is 12.8 Å². The molecule has 1 atom stereocenters. The van der Waals surface area contributed by atoms with Crippen LogP contribution in [0, 0.1) is 11.8 Å². The van der Waals surface area contributed by atoms with Gasteiger partial charge in [0.15, 0.2) is 0 Å². The maximum Gasteiger partial charge on any atom is 0.356 e. The lowest BCUT2D eigenvalue weighted by Gasteiger charge is -2.15. The van der Waals surface area contributed by atoms with Crippen LogP contribution in [0.25, 0.3) is 0 Å². The van der Waals surface area contributed by atoms with Crippen molar-refractivity contribution in [3.63, 3.8) is 0 Å². The molecule has 1 unspecified atom stereocenters. The molecule has 0 fully saturated rings. The van der Waals surface area contributed by atoms with E-state index < -0.39 is 15.2 Å². The Morgan fingerprint density at radius 2 is 1.45 bits per heavy atom. The Balaban J connectivity index is 0.000000406. The highest BCUT2D eigenvalue weighted by atomic mass is 31.2. The summed E-state index contributed by atoms with van der Waals surface area (Å²) in [6.45, 7) is 8.08. The van der Waals surface area contributed by atoms with E-state index in [1.807, 2.05) is 27.7 Å². The molecule has 1 aromatic carbocycles. The zero-order chi connectivity index (χ0) is 17.4. The van der Waals surface area contributed by atoms with Crippen molar-refractivity contribution >= 4 is 20.5 Å². The topological polar surface area (TPSA) is 104 Å². The quantitative estimate of drug-likeness (QED) is 0.680. The van der Waals surface area contributed by atoms with Gasteiger partial charge in [0.1, 0.15) is 0 Å². The summed E-state index contributed by atoms with van der Waals surface area (Å²) in [5, 5.41) is 0.0648. The fraction of sp³-hybridized carbons (Fsp3) is 0.571.